The van der Waals surface area contributed by atoms with Gasteiger partial charge < -0.3 is 10.0 Å². The third kappa shape index (κ3) is 4.20. The van der Waals surface area contributed by atoms with Gasteiger partial charge in [-0.2, -0.15) is 5.26 Å². The summed E-state index contributed by atoms with van der Waals surface area (Å²) < 4.78 is 13.7. The number of carbonyl (C=O) groups is 1. The molecule has 1 saturated heterocycles. The molecule has 0 spiro atoms. The molecule has 1 saturated carbocycles. The molecule has 1 aliphatic heterocycles. The first-order chi connectivity index (χ1) is 15.1. The van der Waals surface area contributed by atoms with Crippen molar-refractivity contribution in [3.8, 4) is 17.9 Å². The van der Waals surface area contributed by atoms with Crippen LogP contribution >= 0.6 is 0 Å². The summed E-state index contributed by atoms with van der Waals surface area (Å²) in [5.41, 5.74) is 1.97. The standard InChI is InChI=1S/C26H25FN2O2/c27-22-9-5-4-6-19(22)13-10-18-11-14-20(15-12-18)25-23(16-28)29(24(25)17-30)26(31)21-7-2-1-3-8-21/h4-6,9,11-12,14-15,21,23-25,30H,1-3,7-8,17H2/t23-,24+,25-/m0/s1. The maximum Gasteiger partial charge on any atom is 0.227 e. The number of hydrogen-bond acceptors (Lipinski definition) is 3. The molecule has 0 bridgehead atoms. The van der Waals surface area contributed by atoms with Crippen LogP contribution in [-0.2, 0) is 4.79 Å². The quantitative estimate of drug-likeness (QED) is 0.770. The highest BCUT2D eigenvalue weighted by Gasteiger charge is 2.52. The normalized spacial score (nSPS) is 23.3. The van der Waals surface area contributed by atoms with Crippen molar-refractivity contribution in [2.24, 2.45) is 5.92 Å². The summed E-state index contributed by atoms with van der Waals surface area (Å²) in [6.45, 7) is -0.170. The SMILES string of the molecule is N#C[C@H]1[C@H](c2ccc(C#Cc3ccccc3F)cc2)[C@@H](CO)N1C(=O)C1CCCCC1. The number of likely N-dealkylation sites (tertiary alicyclic amines) is 1. The van der Waals surface area contributed by atoms with Crippen LogP contribution < -0.4 is 0 Å². The van der Waals surface area contributed by atoms with Crippen LogP contribution in [0.5, 0.6) is 0 Å². The number of benzene rings is 2. The van der Waals surface area contributed by atoms with Gasteiger partial charge in [-0.15, -0.1) is 0 Å². The summed E-state index contributed by atoms with van der Waals surface area (Å²) in [5, 5.41) is 19.7. The van der Waals surface area contributed by atoms with E-state index in [-0.39, 0.29) is 36.2 Å². The molecule has 4 rings (SSSR count). The van der Waals surface area contributed by atoms with E-state index in [1.54, 1.807) is 23.1 Å². The van der Waals surface area contributed by atoms with Gasteiger partial charge >= 0.3 is 0 Å². The molecule has 1 heterocycles. The van der Waals surface area contributed by atoms with Crippen LogP contribution in [0.4, 0.5) is 4.39 Å². The maximum atomic E-state index is 13.7. The van der Waals surface area contributed by atoms with E-state index in [0.717, 1.165) is 43.2 Å². The Morgan fingerprint density at radius 2 is 1.77 bits per heavy atom. The number of rotatable bonds is 3. The second-order valence-corrected chi connectivity index (χ2v) is 8.28. The van der Waals surface area contributed by atoms with E-state index in [1.807, 2.05) is 24.3 Å². The van der Waals surface area contributed by atoms with Crippen molar-refractivity contribution in [1.29, 1.82) is 5.26 Å². The number of carbonyl (C=O) groups excluding carboxylic acids is 1. The molecule has 1 aliphatic carbocycles. The lowest BCUT2D eigenvalue weighted by Gasteiger charge is -2.52. The Balaban J connectivity index is 1.51. The van der Waals surface area contributed by atoms with E-state index in [4.69, 9.17) is 0 Å². The lowest BCUT2D eigenvalue weighted by molar-refractivity contribution is -0.152. The average molecular weight is 416 g/mol. The summed E-state index contributed by atoms with van der Waals surface area (Å²) in [6.07, 6.45) is 4.98. The molecule has 1 amide bonds. The molecule has 5 heteroatoms. The predicted octanol–water partition coefficient (Wildman–Crippen LogP) is 3.98. The number of hydrogen-bond donors (Lipinski definition) is 1. The van der Waals surface area contributed by atoms with Crippen molar-refractivity contribution >= 4 is 5.91 Å². The Morgan fingerprint density at radius 3 is 2.42 bits per heavy atom. The number of nitriles is 1. The van der Waals surface area contributed by atoms with Crippen LogP contribution in [0.25, 0.3) is 0 Å². The van der Waals surface area contributed by atoms with Gasteiger partial charge in [0, 0.05) is 17.4 Å². The highest BCUT2D eigenvalue weighted by atomic mass is 19.1. The molecule has 31 heavy (non-hydrogen) atoms. The van der Waals surface area contributed by atoms with E-state index < -0.39 is 6.04 Å². The van der Waals surface area contributed by atoms with Gasteiger partial charge in [0.1, 0.15) is 11.9 Å². The minimum Gasteiger partial charge on any atom is -0.394 e. The molecule has 1 N–H and O–H groups in total. The van der Waals surface area contributed by atoms with Crippen molar-refractivity contribution in [2.75, 3.05) is 6.61 Å². The van der Waals surface area contributed by atoms with Crippen molar-refractivity contribution < 1.29 is 14.3 Å². The summed E-state index contributed by atoms with van der Waals surface area (Å²) in [5.74, 6) is 5.18. The lowest BCUT2D eigenvalue weighted by atomic mass is 9.74. The third-order valence-electron chi connectivity index (χ3n) is 6.45. The number of nitrogens with zero attached hydrogens (tertiary/aromatic N) is 2. The Labute approximate surface area is 182 Å². The summed E-state index contributed by atoms with van der Waals surface area (Å²) in [7, 11) is 0. The fraction of sp³-hybridized carbons (Fsp3) is 0.385. The van der Waals surface area contributed by atoms with E-state index >= 15 is 0 Å². The fourth-order valence-corrected chi connectivity index (χ4v) is 4.76. The van der Waals surface area contributed by atoms with Crippen molar-refractivity contribution in [1.82, 2.24) is 4.90 Å². The molecule has 158 valence electrons. The van der Waals surface area contributed by atoms with Crippen LogP contribution in [0, 0.1) is 34.9 Å². The highest BCUT2D eigenvalue weighted by Crippen LogP contribution is 2.42. The molecule has 0 aromatic heterocycles. The minimum absolute atomic E-state index is 0.00826. The van der Waals surface area contributed by atoms with Gasteiger partial charge in [-0.3, -0.25) is 4.79 Å². The molecule has 0 radical (unpaired) electrons. The Bertz CT molecular complexity index is 1040. The molecule has 0 unspecified atom stereocenters. The van der Waals surface area contributed by atoms with Gasteiger partial charge in [-0.25, -0.2) is 4.39 Å². The van der Waals surface area contributed by atoms with Gasteiger partial charge in [0.2, 0.25) is 5.91 Å². The van der Waals surface area contributed by atoms with Crippen LogP contribution in [0.2, 0.25) is 0 Å². The number of halogens is 1. The molecule has 2 aromatic rings. The maximum absolute atomic E-state index is 13.7. The lowest BCUT2D eigenvalue weighted by Crippen LogP contribution is -2.66. The third-order valence-corrected chi connectivity index (χ3v) is 6.45. The molecule has 2 aromatic carbocycles. The summed E-state index contributed by atoms with van der Waals surface area (Å²) in [6, 6.07) is 15.1. The van der Waals surface area contributed by atoms with Crippen LogP contribution in [0.15, 0.2) is 48.5 Å². The smallest absolute Gasteiger partial charge is 0.227 e. The first kappa shape index (κ1) is 21.1. The minimum atomic E-state index is -0.568. The van der Waals surface area contributed by atoms with Crippen LogP contribution in [-0.4, -0.2) is 34.6 Å². The first-order valence-corrected chi connectivity index (χ1v) is 10.8. The fourth-order valence-electron chi connectivity index (χ4n) is 4.76. The Kier molecular flexibility index (Phi) is 6.35. The Morgan fingerprint density at radius 1 is 1.06 bits per heavy atom. The van der Waals surface area contributed by atoms with Gasteiger partial charge in [0.15, 0.2) is 0 Å². The Hall–Kier alpha value is -3.15. The second-order valence-electron chi connectivity index (χ2n) is 8.28. The van der Waals surface area contributed by atoms with Crippen molar-refractivity contribution in [3.05, 3.63) is 71.0 Å². The van der Waals surface area contributed by atoms with Gasteiger partial charge in [-0.05, 0) is 42.7 Å². The molecule has 2 aliphatic rings. The zero-order valence-corrected chi connectivity index (χ0v) is 17.3. The topological polar surface area (TPSA) is 64.3 Å². The number of aliphatic hydroxyl groups excluding tert-OH is 1. The van der Waals surface area contributed by atoms with Crippen molar-refractivity contribution in [3.63, 3.8) is 0 Å². The molecule has 2 fully saturated rings. The van der Waals surface area contributed by atoms with E-state index in [1.165, 1.54) is 6.07 Å². The zero-order valence-electron chi connectivity index (χ0n) is 17.3. The molecule has 3 atom stereocenters. The summed E-state index contributed by atoms with van der Waals surface area (Å²) >= 11 is 0. The van der Waals surface area contributed by atoms with E-state index in [2.05, 4.69) is 17.9 Å². The van der Waals surface area contributed by atoms with Crippen LogP contribution in [0.3, 0.4) is 0 Å². The summed E-state index contributed by atoms with van der Waals surface area (Å²) in [4.78, 5) is 14.6. The van der Waals surface area contributed by atoms with Gasteiger partial charge in [0.05, 0.1) is 24.3 Å². The number of amides is 1. The molecular weight excluding hydrogens is 391 g/mol. The monoisotopic (exact) mass is 416 g/mol. The van der Waals surface area contributed by atoms with Crippen LogP contribution in [0.1, 0.15) is 54.7 Å². The van der Waals surface area contributed by atoms with Gasteiger partial charge in [0.25, 0.3) is 0 Å². The van der Waals surface area contributed by atoms with E-state index in [9.17, 15) is 19.6 Å². The zero-order chi connectivity index (χ0) is 21.8. The second kappa shape index (κ2) is 9.33. The average Bonchev–Trinajstić information content (AvgIpc) is 2.80. The molecule has 4 nitrogen and oxygen atoms in total. The first-order valence-electron chi connectivity index (χ1n) is 10.8. The molecular formula is C26H25FN2O2. The highest BCUT2D eigenvalue weighted by molar-refractivity contribution is 5.81. The van der Waals surface area contributed by atoms with Gasteiger partial charge in [-0.1, -0.05) is 55.4 Å². The van der Waals surface area contributed by atoms with E-state index in [0.29, 0.717) is 5.56 Å². The largest absolute Gasteiger partial charge is 0.394 e. The van der Waals surface area contributed by atoms with Crippen molar-refractivity contribution in [2.45, 2.75) is 50.1 Å². The number of aliphatic hydroxyl groups is 1. The predicted molar refractivity (Wildman–Crippen MR) is 115 cm³/mol.